The van der Waals surface area contributed by atoms with Crippen LogP contribution in [-0.4, -0.2) is 56.8 Å². The van der Waals surface area contributed by atoms with E-state index in [1.165, 1.54) is 5.56 Å². The van der Waals surface area contributed by atoms with E-state index in [1.54, 1.807) is 0 Å². The summed E-state index contributed by atoms with van der Waals surface area (Å²) in [4.78, 5) is 15.7. The average molecular weight is 493 g/mol. The molecule has 1 aromatic heterocycles. The second kappa shape index (κ2) is 14.0. The standard InChI is InChI=1S/C30H32N2O3.Na.H/c1-23-18-20-26(21-19-23)32-29(25-15-9-6-10-16-25)28(24-13-7-5-8-14-24)31-30(32)35-22-12-4-2-3-11-17-27(33)34;;/h5-10,13-16,18-21H,2-4,11-12,17,22H2,1H3,(H,33,34);;. The van der Waals surface area contributed by atoms with E-state index >= 15 is 0 Å². The molecule has 0 saturated carbocycles. The van der Waals surface area contributed by atoms with Crippen molar-refractivity contribution < 1.29 is 14.6 Å². The molecule has 0 spiro atoms. The van der Waals surface area contributed by atoms with Crippen LogP contribution in [0.25, 0.3) is 28.2 Å². The van der Waals surface area contributed by atoms with E-state index in [0.717, 1.165) is 60.3 Å². The van der Waals surface area contributed by atoms with Gasteiger partial charge in [-0.2, -0.15) is 4.98 Å². The SMILES string of the molecule is Cc1ccc(-n2c(OCCCCCCCC(=O)O)nc(-c3ccccc3)c2-c2ccccc2)cc1.[NaH]. The normalized spacial score (nSPS) is 10.6. The van der Waals surface area contributed by atoms with Crippen LogP contribution >= 0.6 is 0 Å². The summed E-state index contributed by atoms with van der Waals surface area (Å²) in [5, 5.41) is 8.78. The maximum atomic E-state index is 10.7. The van der Waals surface area contributed by atoms with Gasteiger partial charge in [0.05, 0.1) is 18.0 Å². The summed E-state index contributed by atoms with van der Waals surface area (Å²) in [7, 11) is 0. The van der Waals surface area contributed by atoms with Crippen molar-refractivity contribution in [3.05, 3.63) is 90.5 Å². The van der Waals surface area contributed by atoms with Crippen LogP contribution in [0.2, 0.25) is 0 Å². The number of carboxylic acid groups (broad SMARTS) is 1. The molecule has 182 valence electrons. The van der Waals surface area contributed by atoms with E-state index in [9.17, 15) is 4.79 Å². The van der Waals surface area contributed by atoms with Crippen molar-refractivity contribution in [1.82, 2.24) is 9.55 Å². The zero-order valence-corrected chi connectivity index (χ0v) is 20.2. The Labute approximate surface area is 235 Å². The third kappa shape index (κ3) is 7.33. The predicted molar refractivity (Wildman–Crippen MR) is 147 cm³/mol. The quantitative estimate of drug-likeness (QED) is 0.177. The number of unbranched alkanes of at least 4 members (excludes halogenated alkanes) is 4. The van der Waals surface area contributed by atoms with Gasteiger partial charge in [-0.25, -0.2) is 0 Å². The molecule has 0 saturated heterocycles. The second-order valence-corrected chi connectivity index (χ2v) is 8.75. The predicted octanol–water partition coefficient (Wildman–Crippen LogP) is 6.67. The van der Waals surface area contributed by atoms with Gasteiger partial charge >= 0.3 is 41.5 Å². The molecule has 36 heavy (non-hydrogen) atoms. The first-order valence-corrected chi connectivity index (χ1v) is 12.3. The van der Waals surface area contributed by atoms with Crippen LogP contribution in [-0.2, 0) is 4.79 Å². The molecule has 4 aromatic rings. The number of benzene rings is 3. The maximum absolute atomic E-state index is 10.7. The van der Waals surface area contributed by atoms with E-state index in [2.05, 4.69) is 60.0 Å². The molecule has 0 atom stereocenters. The van der Waals surface area contributed by atoms with Gasteiger partial charge in [0.25, 0.3) is 0 Å². The number of hydrogen-bond acceptors (Lipinski definition) is 3. The number of ether oxygens (including phenoxy) is 1. The van der Waals surface area contributed by atoms with Crippen molar-refractivity contribution in [2.24, 2.45) is 0 Å². The van der Waals surface area contributed by atoms with Crippen molar-refractivity contribution in [3.8, 4) is 34.2 Å². The molecule has 3 aromatic carbocycles. The molecule has 0 radical (unpaired) electrons. The summed E-state index contributed by atoms with van der Waals surface area (Å²) in [6.07, 6.45) is 4.81. The summed E-state index contributed by atoms with van der Waals surface area (Å²) >= 11 is 0. The van der Waals surface area contributed by atoms with Gasteiger partial charge in [-0.05, 0) is 31.9 Å². The van der Waals surface area contributed by atoms with Crippen LogP contribution < -0.4 is 4.74 Å². The fraction of sp³-hybridized carbons (Fsp3) is 0.267. The van der Waals surface area contributed by atoms with Crippen LogP contribution in [0.3, 0.4) is 0 Å². The summed E-state index contributed by atoms with van der Waals surface area (Å²) in [6.45, 7) is 2.64. The number of imidazole rings is 1. The third-order valence-corrected chi connectivity index (χ3v) is 6.00. The van der Waals surface area contributed by atoms with Gasteiger partial charge in [-0.15, -0.1) is 0 Å². The number of carbonyl (C=O) groups is 1. The first-order chi connectivity index (χ1) is 17.1. The van der Waals surface area contributed by atoms with E-state index in [-0.39, 0.29) is 36.0 Å². The van der Waals surface area contributed by atoms with Crippen LogP contribution in [0.15, 0.2) is 84.9 Å². The monoisotopic (exact) mass is 492 g/mol. The molecule has 0 aliphatic carbocycles. The fourth-order valence-corrected chi connectivity index (χ4v) is 4.16. The zero-order chi connectivity index (χ0) is 24.5. The van der Waals surface area contributed by atoms with Gasteiger partial charge < -0.3 is 9.84 Å². The first-order valence-electron chi connectivity index (χ1n) is 12.3. The molecule has 0 amide bonds. The molecule has 0 fully saturated rings. The average Bonchev–Trinajstić information content (AvgIpc) is 3.26. The summed E-state index contributed by atoms with van der Waals surface area (Å²) in [6, 6.07) is 29.5. The molecule has 0 aliphatic rings. The first kappa shape index (κ1) is 27.7. The topological polar surface area (TPSA) is 64.3 Å². The van der Waals surface area contributed by atoms with Gasteiger partial charge in [0, 0.05) is 17.5 Å². The Morgan fingerprint density at radius 2 is 1.39 bits per heavy atom. The molecule has 1 heterocycles. The van der Waals surface area contributed by atoms with Crippen molar-refractivity contribution in [3.63, 3.8) is 0 Å². The molecule has 0 unspecified atom stereocenters. The fourth-order valence-electron chi connectivity index (χ4n) is 4.16. The van der Waals surface area contributed by atoms with Crippen LogP contribution in [0.4, 0.5) is 0 Å². The Balaban J connectivity index is 0.00000361. The molecular weight excluding hydrogens is 459 g/mol. The summed E-state index contributed by atoms with van der Waals surface area (Å²) in [5.41, 5.74) is 6.22. The Bertz CT molecular complexity index is 1220. The van der Waals surface area contributed by atoms with Gasteiger partial charge in [0.1, 0.15) is 5.69 Å². The number of aryl methyl sites for hydroxylation is 1. The van der Waals surface area contributed by atoms with Crippen molar-refractivity contribution in [1.29, 1.82) is 0 Å². The van der Waals surface area contributed by atoms with E-state index in [4.69, 9.17) is 14.8 Å². The van der Waals surface area contributed by atoms with Crippen molar-refractivity contribution in [2.75, 3.05) is 6.61 Å². The molecule has 5 nitrogen and oxygen atoms in total. The van der Waals surface area contributed by atoms with Crippen molar-refractivity contribution in [2.45, 2.75) is 45.4 Å². The molecule has 6 heteroatoms. The number of nitrogens with zero attached hydrogens (tertiary/aromatic N) is 2. The number of carboxylic acids is 1. The van der Waals surface area contributed by atoms with Crippen LogP contribution in [0.1, 0.15) is 44.1 Å². The Kier molecular flexibility index (Phi) is 10.8. The second-order valence-electron chi connectivity index (χ2n) is 8.75. The molecule has 0 bridgehead atoms. The number of aliphatic carboxylic acids is 1. The molecule has 0 aliphatic heterocycles. The Hall–Kier alpha value is -2.86. The molecular formula is C30H33N2NaO3. The number of hydrogen-bond donors (Lipinski definition) is 1. The summed E-state index contributed by atoms with van der Waals surface area (Å²) < 4.78 is 8.40. The Morgan fingerprint density at radius 1 is 0.806 bits per heavy atom. The minimum absolute atomic E-state index is 0. The van der Waals surface area contributed by atoms with Gasteiger partial charge in [-0.3, -0.25) is 9.36 Å². The molecule has 4 rings (SSSR count). The Morgan fingerprint density at radius 3 is 2.03 bits per heavy atom. The van der Waals surface area contributed by atoms with Gasteiger partial charge in [0.2, 0.25) is 0 Å². The number of aromatic nitrogens is 2. The van der Waals surface area contributed by atoms with E-state index in [0.29, 0.717) is 12.6 Å². The zero-order valence-electron chi connectivity index (χ0n) is 20.2. The van der Waals surface area contributed by atoms with E-state index < -0.39 is 5.97 Å². The van der Waals surface area contributed by atoms with Crippen molar-refractivity contribution >= 4 is 35.5 Å². The third-order valence-electron chi connectivity index (χ3n) is 6.00. The summed E-state index contributed by atoms with van der Waals surface area (Å²) in [5.74, 6) is -0.722. The number of rotatable bonds is 12. The minimum atomic E-state index is -0.722. The van der Waals surface area contributed by atoms with Crippen LogP contribution in [0.5, 0.6) is 6.01 Å². The van der Waals surface area contributed by atoms with Crippen LogP contribution in [0, 0.1) is 6.92 Å². The molecule has 1 N–H and O–H groups in total. The van der Waals surface area contributed by atoms with Gasteiger partial charge in [-0.1, -0.05) is 97.6 Å². The van der Waals surface area contributed by atoms with Gasteiger partial charge in [0.15, 0.2) is 0 Å². The van der Waals surface area contributed by atoms with E-state index in [1.807, 2.05) is 36.4 Å².